The smallest absolute Gasteiger partial charge is 0.337 e. The number of esters is 1. The summed E-state index contributed by atoms with van der Waals surface area (Å²) in [6.07, 6.45) is 0.680. The van der Waals surface area contributed by atoms with Gasteiger partial charge in [-0.15, -0.1) is 0 Å². The molecule has 0 aliphatic rings. The molecule has 0 atom stereocenters. The maximum absolute atomic E-state index is 12.8. The summed E-state index contributed by atoms with van der Waals surface area (Å²) in [5.41, 5.74) is 0.621. The molecule has 0 saturated carbocycles. The lowest BCUT2D eigenvalue weighted by Gasteiger charge is -2.13. The molecule has 6 nitrogen and oxygen atoms in total. The predicted molar refractivity (Wildman–Crippen MR) is 99.6 cm³/mol. The fraction of sp³-hybridized carbons (Fsp3) is 0.353. The molecule has 0 radical (unpaired) electrons. The van der Waals surface area contributed by atoms with Crippen molar-refractivity contribution in [3.05, 3.63) is 45.7 Å². The number of benzene rings is 1. The molecular formula is C17H19ClN2O4S. The van der Waals surface area contributed by atoms with Crippen LogP contribution in [0.2, 0.25) is 0 Å². The number of carbonyl (C=O) groups excluding carboxylic acids is 1. The molecule has 8 heteroatoms. The Morgan fingerprint density at radius 2 is 2.16 bits per heavy atom. The molecule has 1 aromatic carbocycles. The van der Waals surface area contributed by atoms with Crippen molar-refractivity contribution in [2.45, 2.75) is 18.1 Å². The highest BCUT2D eigenvalue weighted by molar-refractivity contribution is 7.99. The summed E-state index contributed by atoms with van der Waals surface area (Å²) in [6.45, 7) is 4.67. The average molecular weight is 383 g/mol. The van der Waals surface area contributed by atoms with Crippen molar-refractivity contribution in [1.29, 1.82) is 0 Å². The zero-order chi connectivity index (χ0) is 18.4. The van der Waals surface area contributed by atoms with Crippen molar-refractivity contribution < 1.29 is 14.3 Å². The van der Waals surface area contributed by atoms with Gasteiger partial charge in [0.15, 0.2) is 5.16 Å². The molecule has 0 aliphatic carbocycles. The second kappa shape index (κ2) is 9.03. The summed E-state index contributed by atoms with van der Waals surface area (Å²) in [6, 6.07) is 4.71. The normalized spacial score (nSPS) is 10.8. The van der Waals surface area contributed by atoms with Gasteiger partial charge in [-0.1, -0.05) is 29.9 Å². The Kier molecular flexibility index (Phi) is 7.04. The molecule has 0 fully saturated rings. The van der Waals surface area contributed by atoms with Crippen molar-refractivity contribution in [3.63, 3.8) is 0 Å². The van der Waals surface area contributed by atoms with Crippen molar-refractivity contribution in [2.24, 2.45) is 0 Å². The Labute approximate surface area is 154 Å². The fourth-order valence-electron chi connectivity index (χ4n) is 2.26. The monoisotopic (exact) mass is 382 g/mol. The van der Waals surface area contributed by atoms with Gasteiger partial charge in [-0.2, -0.15) is 0 Å². The van der Waals surface area contributed by atoms with Crippen LogP contribution in [0.5, 0.6) is 0 Å². The number of hydrogen-bond acceptors (Lipinski definition) is 6. The first-order chi connectivity index (χ1) is 12.0. The second-order valence-electron chi connectivity index (χ2n) is 5.23. The van der Waals surface area contributed by atoms with Crippen LogP contribution in [0.4, 0.5) is 0 Å². The molecule has 134 valence electrons. The van der Waals surface area contributed by atoms with E-state index in [0.29, 0.717) is 52.0 Å². The molecule has 25 heavy (non-hydrogen) atoms. The van der Waals surface area contributed by atoms with E-state index in [0.717, 1.165) is 0 Å². The number of thioether (sulfide) groups is 1. The summed E-state index contributed by atoms with van der Waals surface area (Å²) < 4.78 is 11.4. The first-order valence-electron chi connectivity index (χ1n) is 7.56. The van der Waals surface area contributed by atoms with Gasteiger partial charge in [-0.3, -0.25) is 9.36 Å². The van der Waals surface area contributed by atoms with Gasteiger partial charge in [-0.25, -0.2) is 9.78 Å². The van der Waals surface area contributed by atoms with Crippen LogP contribution in [-0.4, -0.2) is 42.1 Å². The van der Waals surface area contributed by atoms with Crippen LogP contribution in [-0.2, 0) is 16.0 Å². The lowest BCUT2D eigenvalue weighted by molar-refractivity contribution is 0.0601. The summed E-state index contributed by atoms with van der Waals surface area (Å²) in [4.78, 5) is 29.1. The molecule has 0 amide bonds. The third-order valence-corrected chi connectivity index (χ3v) is 4.78. The van der Waals surface area contributed by atoms with E-state index in [-0.39, 0.29) is 5.56 Å². The molecule has 0 bridgehead atoms. The van der Waals surface area contributed by atoms with E-state index in [1.165, 1.54) is 18.9 Å². The standard InChI is InChI=1S/C17H19ClN2O4S/c1-11(18)10-25-17-19-14-9-12(16(22)24-3)5-6-13(14)15(21)20(17)7-4-8-23-2/h5-6,9H,1,4,7-8,10H2,2-3H3. The highest BCUT2D eigenvalue weighted by atomic mass is 35.5. The summed E-state index contributed by atoms with van der Waals surface area (Å²) in [7, 11) is 2.92. The minimum atomic E-state index is -0.476. The number of nitrogens with zero attached hydrogens (tertiary/aromatic N) is 2. The minimum Gasteiger partial charge on any atom is -0.465 e. The minimum absolute atomic E-state index is 0.166. The molecule has 2 rings (SSSR count). The van der Waals surface area contributed by atoms with Crippen LogP contribution in [0.3, 0.4) is 0 Å². The lowest BCUT2D eigenvalue weighted by Crippen LogP contribution is -2.24. The van der Waals surface area contributed by atoms with Gasteiger partial charge < -0.3 is 9.47 Å². The Morgan fingerprint density at radius 1 is 1.40 bits per heavy atom. The zero-order valence-electron chi connectivity index (χ0n) is 14.1. The Morgan fingerprint density at radius 3 is 2.80 bits per heavy atom. The topological polar surface area (TPSA) is 70.4 Å². The highest BCUT2D eigenvalue weighted by Gasteiger charge is 2.14. The van der Waals surface area contributed by atoms with Gasteiger partial charge in [0.25, 0.3) is 5.56 Å². The number of ether oxygens (including phenoxy) is 2. The summed E-state index contributed by atoms with van der Waals surface area (Å²) in [5.74, 6) is -0.0446. The van der Waals surface area contributed by atoms with Gasteiger partial charge in [0.2, 0.25) is 0 Å². The van der Waals surface area contributed by atoms with Crippen LogP contribution in [0.25, 0.3) is 10.9 Å². The maximum Gasteiger partial charge on any atom is 0.337 e. The average Bonchev–Trinajstić information content (AvgIpc) is 2.60. The van der Waals surface area contributed by atoms with Crippen molar-refractivity contribution in [1.82, 2.24) is 9.55 Å². The van der Waals surface area contributed by atoms with Crippen LogP contribution >= 0.6 is 23.4 Å². The quantitative estimate of drug-likeness (QED) is 0.302. The number of methoxy groups -OCH3 is 2. The zero-order valence-corrected chi connectivity index (χ0v) is 15.7. The van der Waals surface area contributed by atoms with Crippen LogP contribution in [0, 0.1) is 0 Å². The molecule has 1 heterocycles. The van der Waals surface area contributed by atoms with Gasteiger partial charge in [0, 0.05) is 31.0 Å². The lowest BCUT2D eigenvalue weighted by atomic mass is 10.1. The highest BCUT2D eigenvalue weighted by Crippen LogP contribution is 2.22. The summed E-state index contributed by atoms with van der Waals surface area (Å²) >= 11 is 7.16. The van der Waals surface area contributed by atoms with Crippen molar-refractivity contribution >= 4 is 40.2 Å². The van der Waals surface area contributed by atoms with Gasteiger partial charge in [0.1, 0.15) is 0 Å². The molecule has 0 spiro atoms. The number of hydrogen-bond donors (Lipinski definition) is 0. The first-order valence-corrected chi connectivity index (χ1v) is 8.92. The van der Waals surface area contributed by atoms with E-state index in [4.69, 9.17) is 21.1 Å². The molecule has 2 aromatic rings. The molecule has 1 aromatic heterocycles. The van der Waals surface area contributed by atoms with Gasteiger partial charge in [0.05, 0.1) is 23.6 Å². The number of aromatic nitrogens is 2. The molecule has 0 N–H and O–H groups in total. The van der Waals surface area contributed by atoms with Crippen LogP contribution < -0.4 is 5.56 Å². The van der Waals surface area contributed by atoms with Gasteiger partial charge >= 0.3 is 5.97 Å². The molecule has 0 aliphatic heterocycles. The second-order valence-corrected chi connectivity index (χ2v) is 6.70. The van der Waals surface area contributed by atoms with Crippen LogP contribution in [0.15, 0.2) is 39.8 Å². The predicted octanol–water partition coefficient (Wildman–Crippen LogP) is 3.06. The Bertz CT molecular complexity index is 850. The van der Waals surface area contributed by atoms with Crippen molar-refractivity contribution in [3.8, 4) is 0 Å². The van der Waals surface area contributed by atoms with E-state index in [1.807, 2.05) is 0 Å². The summed E-state index contributed by atoms with van der Waals surface area (Å²) in [5, 5.41) is 1.43. The largest absolute Gasteiger partial charge is 0.465 e. The van der Waals surface area contributed by atoms with E-state index in [2.05, 4.69) is 11.6 Å². The van der Waals surface area contributed by atoms with E-state index >= 15 is 0 Å². The fourth-order valence-corrected chi connectivity index (χ4v) is 3.21. The Balaban J connectivity index is 2.53. The SMILES string of the molecule is C=C(Cl)CSc1nc2cc(C(=O)OC)ccc2c(=O)n1CCCOC. The number of halogens is 1. The van der Waals surface area contributed by atoms with Crippen molar-refractivity contribution in [2.75, 3.05) is 26.6 Å². The number of fused-ring (bicyclic) bond motifs is 1. The number of rotatable bonds is 8. The third kappa shape index (κ3) is 4.84. The van der Waals surface area contributed by atoms with E-state index in [9.17, 15) is 9.59 Å². The maximum atomic E-state index is 12.8. The molecular weight excluding hydrogens is 364 g/mol. The first kappa shape index (κ1) is 19.5. The third-order valence-electron chi connectivity index (χ3n) is 3.43. The van der Waals surface area contributed by atoms with E-state index in [1.54, 1.807) is 29.9 Å². The van der Waals surface area contributed by atoms with E-state index < -0.39 is 5.97 Å². The molecule has 0 saturated heterocycles. The van der Waals surface area contributed by atoms with Gasteiger partial charge in [-0.05, 0) is 24.6 Å². The number of carbonyl (C=O) groups is 1. The molecule has 0 unspecified atom stereocenters. The Hall–Kier alpha value is -1.83. The van der Waals surface area contributed by atoms with Crippen LogP contribution in [0.1, 0.15) is 16.8 Å².